The minimum Gasteiger partial charge on any atom is -0.492 e. The molecule has 0 spiro atoms. The van der Waals surface area contributed by atoms with E-state index in [0.717, 1.165) is 41.3 Å². The number of thiophene rings is 1. The van der Waals surface area contributed by atoms with Crippen molar-refractivity contribution < 1.29 is 13.9 Å². The third-order valence-electron chi connectivity index (χ3n) is 5.39. The molecular weight excluding hydrogens is 396 g/mol. The molecule has 3 aromatic rings. The third-order valence-corrected chi connectivity index (χ3v) is 6.61. The highest BCUT2D eigenvalue weighted by Crippen LogP contribution is 2.40. The molecule has 6 heteroatoms. The first-order valence-corrected chi connectivity index (χ1v) is 11.3. The number of carbonyl (C=O) groups excluding carboxylic acids is 1. The first kappa shape index (κ1) is 20.5. The topological polar surface area (TPSA) is 63.5 Å². The lowest BCUT2D eigenvalue weighted by Crippen LogP contribution is -2.18. The van der Waals surface area contributed by atoms with E-state index in [9.17, 15) is 4.79 Å². The van der Waals surface area contributed by atoms with Gasteiger partial charge >= 0.3 is 0 Å². The maximum atomic E-state index is 13.4. The molecule has 2 heterocycles. The molecule has 1 aromatic carbocycles. The van der Waals surface area contributed by atoms with Crippen molar-refractivity contribution in [3.63, 3.8) is 0 Å². The molecule has 1 amide bonds. The van der Waals surface area contributed by atoms with Crippen LogP contribution in [-0.4, -0.2) is 12.5 Å². The summed E-state index contributed by atoms with van der Waals surface area (Å²) < 4.78 is 11.4. The SMILES string of the molecule is CCOc1ccccc1NC(=O)c1c(NCc2ccc(C)o2)sc2c1CC[C@H](C)C2. The smallest absolute Gasteiger partial charge is 0.259 e. The Bertz CT molecular complexity index is 1040. The first-order chi connectivity index (χ1) is 14.5. The Balaban J connectivity index is 1.62. The quantitative estimate of drug-likeness (QED) is 0.485. The van der Waals surface area contributed by atoms with Gasteiger partial charge in [-0.15, -0.1) is 11.3 Å². The van der Waals surface area contributed by atoms with Crippen molar-refractivity contribution in [3.8, 4) is 5.75 Å². The fourth-order valence-corrected chi connectivity index (χ4v) is 5.30. The number of carbonyl (C=O) groups is 1. The number of hydrogen-bond acceptors (Lipinski definition) is 5. The molecule has 30 heavy (non-hydrogen) atoms. The molecular formula is C24H28N2O3S. The summed E-state index contributed by atoms with van der Waals surface area (Å²) >= 11 is 1.70. The number of rotatable bonds is 7. The van der Waals surface area contributed by atoms with Crippen LogP contribution in [-0.2, 0) is 19.4 Å². The average Bonchev–Trinajstić information content (AvgIpc) is 3.30. The molecule has 0 saturated carbocycles. The van der Waals surface area contributed by atoms with Crippen LogP contribution in [0.25, 0.3) is 0 Å². The summed E-state index contributed by atoms with van der Waals surface area (Å²) in [6.45, 7) is 7.25. The molecule has 0 fully saturated rings. The highest BCUT2D eigenvalue weighted by molar-refractivity contribution is 7.16. The maximum Gasteiger partial charge on any atom is 0.259 e. The Morgan fingerprint density at radius 2 is 2.10 bits per heavy atom. The Morgan fingerprint density at radius 1 is 1.27 bits per heavy atom. The number of hydrogen-bond donors (Lipinski definition) is 2. The van der Waals surface area contributed by atoms with Crippen LogP contribution in [0.2, 0.25) is 0 Å². The van der Waals surface area contributed by atoms with E-state index in [1.165, 1.54) is 10.4 Å². The van der Waals surface area contributed by atoms with Crippen molar-refractivity contribution in [1.29, 1.82) is 0 Å². The highest BCUT2D eigenvalue weighted by Gasteiger charge is 2.28. The minimum atomic E-state index is -0.0904. The molecule has 0 unspecified atom stereocenters. The Morgan fingerprint density at radius 3 is 2.87 bits per heavy atom. The summed E-state index contributed by atoms with van der Waals surface area (Å²) in [5.74, 6) is 2.99. The number of ether oxygens (including phenoxy) is 1. The van der Waals surface area contributed by atoms with Crippen LogP contribution in [0.5, 0.6) is 5.75 Å². The Labute approximate surface area is 181 Å². The van der Waals surface area contributed by atoms with Gasteiger partial charge < -0.3 is 19.8 Å². The highest BCUT2D eigenvalue weighted by atomic mass is 32.1. The third kappa shape index (κ3) is 4.38. The van der Waals surface area contributed by atoms with Gasteiger partial charge in [-0.2, -0.15) is 0 Å². The van der Waals surface area contributed by atoms with E-state index in [0.29, 0.717) is 30.5 Å². The Kier molecular flexibility index (Phi) is 6.13. The second-order valence-corrected chi connectivity index (χ2v) is 8.91. The number of fused-ring (bicyclic) bond motifs is 1. The lowest BCUT2D eigenvalue weighted by atomic mass is 9.88. The van der Waals surface area contributed by atoms with E-state index < -0.39 is 0 Å². The summed E-state index contributed by atoms with van der Waals surface area (Å²) in [4.78, 5) is 14.7. The molecule has 0 bridgehead atoms. The van der Waals surface area contributed by atoms with Crippen molar-refractivity contribution in [3.05, 3.63) is 63.9 Å². The number of furan rings is 1. The van der Waals surface area contributed by atoms with Gasteiger partial charge in [0.05, 0.1) is 24.4 Å². The largest absolute Gasteiger partial charge is 0.492 e. The van der Waals surface area contributed by atoms with Gasteiger partial charge in [-0.25, -0.2) is 0 Å². The van der Waals surface area contributed by atoms with Crippen molar-refractivity contribution in [2.45, 2.75) is 46.6 Å². The number of para-hydroxylation sites is 2. The second kappa shape index (κ2) is 8.96. The van der Waals surface area contributed by atoms with Crippen molar-refractivity contribution >= 4 is 27.9 Å². The standard InChI is InChI=1S/C24H28N2O3S/c1-4-28-20-8-6-5-7-19(20)26-23(27)22-18-12-9-15(2)13-21(18)30-24(22)25-14-17-11-10-16(3)29-17/h5-8,10-11,15,25H,4,9,12-14H2,1-3H3,(H,26,27)/t15-/m0/s1. The summed E-state index contributed by atoms with van der Waals surface area (Å²) in [5, 5.41) is 7.45. The van der Waals surface area contributed by atoms with Crippen molar-refractivity contribution in [2.75, 3.05) is 17.2 Å². The average molecular weight is 425 g/mol. The fraction of sp³-hybridized carbons (Fsp3) is 0.375. The molecule has 1 aliphatic carbocycles. The lowest BCUT2D eigenvalue weighted by molar-refractivity contribution is 0.102. The van der Waals surface area contributed by atoms with Gasteiger partial charge in [0.1, 0.15) is 22.3 Å². The van der Waals surface area contributed by atoms with Crippen LogP contribution in [0.15, 0.2) is 40.8 Å². The molecule has 0 radical (unpaired) electrons. The maximum absolute atomic E-state index is 13.4. The number of benzene rings is 1. The van der Waals surface area contributed by atoms with Crippen LogP contribution in [0.3, 0.4) is 0 Å². The molecule has 4 rings (SSSR count). The molecule has 0 saturated heterocycles. The number of anilines is 2. The molecule has 1 aliphatic rings. The Hall–Kier alpha value is -2.73. The predicted octanol–water partition coefficient (Wildman–Crippen LogP) is 6.04. The summed E-state index contributed by atoms with van der Waals surface area (Å²) in [6.07, 6.45) is 3.07. The van der Waals surface area contributed by atoms with Crippen LogP contribution < -0.4 is 15.4 Å². The molecule has 1 atom stereocenters. The van der Waals surface area contributed by atoms with E-state index in [1.54, 1.807) is 11.3 Å². The van der Waals surface area contributed by atoms with Crippen LogP contribution >= 0.6 is 11.3 Å². The zero-order valence-corrected chi connectivity index (χ0v) is 18.5. The van der Waals surface area contributed by atoms with E-state index in [-0.39, 0.29) is 5.91 Å². The van der Waals surface area contributed by atoms with Crippen LogP contribution in [0.4, 0.5) is 10.7 Å². The van der Waals surface area contributed by atoms with Gasteiger partial charge in [-0.3, -0.25) is 4.79 Å². The summed E-state index contributed by atoms with van der Waals surface area (Å²) in [6, 6.07) is 11.5. The minimum absolute atomic E-state index is 0.0904. The van der Waals surface area contributed by atoms with E-state index in [1.807, 2.05) is 50.2 Å². The van der Waals surface area contributed by atoms with Gasteiger partial charge in [0, 0.05) is 4.88 Å². The van der Waals surface area contributed by atoms with Crippen molar-refractivity contribution in [2.24, 2.45) is 5.92 Å². The predicted molar refractivity (Wildman–Crippen MR) is 122 cm³/mol. The van der Waals surface area contributed by atoms with Crippen LogP contribution in [0, 0.1) is 12.8 Å². The molecule has 2 N–H and O–H groups in total. The molecule has 2 aromatic heterocycles. The monoisotopic (exact) mass is 424 g/mol. The first-order valence-electron chi connectivity index (χ1n) is 10.5. The van der Waals surface area contributed by atoms with Gasteiger partial charge in [0.15, 0.2) is 0 Å². The number of amides is 1. The zero-order valence-electron chi connectivity index (χ0n) is 17.7. The van der Waals surface area contributed by atoms with Gasteiger partial charge in [0.25, 0.3) is 5.91 Å². The fourth-order valence-electron chi connectivity index (χ4n) is 3.90. The van der Waals surface area contributed by atoms with Gasteiger partial charge in [-0.1, -0.05) is 19.1 Å². The summed E-state index contributed by atoms with van der Waals surface area (Å²) in [5.41, 5.74) is 2.64. The molecule has 158 valence electrons. The van der Waals surface area contributed by atoms with Crippen LogP contribution in [0.1, 0.15) is 52.6 Å². The molecule has 5 nitrogen and oxygen atoms in total. The summed E-state index contributed by atoms with van der Waals surface area (Å²) in [7, 11) is 0. The van der Waals surface area contributed by atoms with Gasteiger partial charge in [0.2, 0.25) is 0 Å². The van der Waals surface area contributed by atoms with Gasteiger partial charge in [-0.05, 0) is 68.9 Å². The zero-order chi connectivity index (χ0) is 21.1. The second-order valence-electron chi connectivity index (χ2n) is 7.81. The molecule has 0 aliphatic heterocycles. The number of nitrogens with one attached hydrogen (secondary N) is 2. The van der Waals surface area contributed by atoms with E-state index >= 15 is 0 Å². The van der Waals surface area contributed by atoms with Crippen molar-refractivity contribution in [1.82, 2.24) is 0 Å². The van der Waals surface area contributed by atoms with E-state index in [4.69, 9.17) is 9.15 Å². The van der Waals surface area contributed by atoms with E-state index in [2.05, 4.69) is 17.6 Å². The number of aryl methyl sites for hydroxylation is 1. The normalized spacial score (nSPS) is 15.5. The lowest BCUT2D eigenvalue weighted by Gasteiger charge is -2.19.